The maximum Gasteiger partial charge on any atom is 0.318 e. The Morgan fingerprint density at radius 3 is 2.22 bits per heavy atom. The van der Waals surface area contributed by atoms with Crippen LogP contribution in [0.3, 0.4) is 0 Å². The van der Waals surface area contributed by atoms with Crippen molar-refractivity contribution in [2.75, 3.05) is 7.05 Å². The van der Waals surface area contributed by atoms with E-state index in [-0.39, 0.29) is 12.4 Å². The molecule has 0 heterocycles. The molecule has 1 aromatic carbocycles. The quantitative estimate of drug-likeness (QED) is 0.834. The molecule has 0 atom stereocenters. The SMILES string of the molecule is CN(Cc1ccc(F)cc1)C(=O)C(C)(C)C(=O)O. The molecule has 0 spiro atoms. The van der Waals surface area contributed by atoms with Crippen molar-refractivity contribution in [2.45, 2.75) is 20.4 Å². The zero-order valence-electron chi connectivity index (χ0n) is 10.6. The van der Waals surface area contributed by atoms with E-state index in [2.05, 4.69) is 0 Å². The number of amides is 1. The number of halogens is 1. The number of nitrogens with zero attached hydrogens (tertiary/aromatic N) is 1. The van der Waals surface area contributed by atoms with Gasteiger partial charge in [0.2, 0.25) is 5.91 Å². The molecule has 0 aromatic heterocycles. The van der Waals surface area contributed by atoms with Gasteiger partial charge in [-0.15, -0.1) is 0 Å². The van der Waals surface area contributed by atoms with Crippen molar-refractivity contribution in [3.8, 4) is 0 Å². The maximum atomic E-state index is 12.7. The Hall–Kier alpha value is -1.91. The second-order valence-electron chi connectivity index (χ2n) is 4.72. The van der Waals surface area contributed by atoms with Crippen molar-refractivity contribution in [2.24, 2.45) is 5.41 Å². The molecule has 5 heteroatoms. The highest BCUT2D eigenvalue weighted by Gasteiger charge is 2.38. The number of carboxylic acids is 1. The van der Waals surface area contributed by atoms with Crippen LogP contribution in [0.4, 0.5) is 4.39 Å². The fourth-order valence-corrected chi connectivity index (χ4v) is 1.50. The van der Waals surface area contributed by atoms with Gasteiger partial charge in [-0.3, -0.25) is 9.59 Å². The molecular weight excluding hydrogens is 237 g/mol. The van der Waals surface area contributed by atoms with Crippen LogP contribution in [-0.2, 0) is 16.1 Å². The van der Waals surface area contributed by atoms with Crippen LogP contribution in [0.1, 0.15) is 19.4 Å². The molecule has 1 rings (SSSR count). The average Bonchev–Trinajstić information content (AvgIpc) is 2.30. The molecule has 0 bridgehead atoms. The number of carboxylic acid groups (broad SMARTS) is 1. The molecule has 0 aliphatic rings. The molecule has 0 saturated carbocycles. The van der Waals surface area contributed by atoms with Gasteiger partial charge in [-0.05, 0) is 31.5 Å². The maximum absolute atomic E-state index is 12.7. The van der Waals surface area contributed by atoms with Crippen LogP contribution in [0.25, 0.3) is 0 Å². The standard InChI is InChI=1S/C13H16FNO3/c1-13(2,12(17)18)11(16)15(3)8-9-4-6-10(14)7-5-9/h4-7H,8H2,1-3H3,(H,17,18). The highest BCUT2D eigenvalue weighted by molar-refractivity contribution is 6.00. The molecule has 98 valence electrons. The summed E-state index contributed by atoms with van der Waals surface area (Å²) in [7, 11) is 1.52. The highest BCUT2D eigenvalue weighted by atomic mass is 19.1. The normalized spacial score (nSPS) is 11.1. The van der Waals surface area contributed by atoms with Gasteiger partial charge in [-0.25, -0.2) is 4.39 Å². The van der Waals surface area contributed by atoms with E-state index in [9.17, 15) is 14.0 Å². The first-order chi connectivity index (χ1) is 8.25. The van der Waals surface area contributed by atoms with Gasteiger partial charge in [-0.1, -0.05) is 12.1 Å². The van der Waals surface area contributed by atoms with E-state index in [0.29, 0.717) is 0 Å². The third-order valence-electron chi connectivity index (χ3n) is 2.75. The third-order valence-corrected chi connectivity index (χ3v) is 2.75. The Morgan fingerprint density at radius 2 is 1.78 bits per heavy atom. The van der Waals surface area contributed by atoms with Crippen LogP contribution in [0.2, 0.25) is 0 Å². The predicted octanol–water partition coefficient (Wildman–Crippen LogP) is 1.89. The molecule has 1 N–H and O–H groups in total. The van der Waals surface area contributed by atoms with E-state index >= 15 is 0 Å². The first-order valence-corrected chi connectivity index (χ1v) is 5.48. The summed E-state index contributed by atoms with van der Waals surface area (Å²) in [6.07, 6.45) is 0. The molecule has 0 fully saturated rings. The van der Waals surface area contributed by atoms with E-state index in [1.54, 1.807) is 12.1 Å². The monoisotopic (exact) mass is 253 g/mol. The minimum Gasteiger partial charge on any atom is -0.480 e. The van der Waals surface area contributed by atoms with Gasteiger partial charge >= 0.3 is 5.97 Å². The molecule has 0 unspecified atom stereocenters. The van der Waals surface area contributed by atoms with Crippen molar-refractivity contribution in [3.05, 3.63) is 35.6 Å². The number of aliphatic carboxylic acids is 1. The Bertz CT molecular complexity index is 454. The fourth-order valence-electron chi connectivity index (χ4n) is 1.50. The van der Waals surface area contributed by atoms with Crippen molar-refractivity contribution in [1.29, 1.82) is 0 Å². The van der Waals surface area contributed by atoms with Crippen LogP contribution in [0.5, 0.6) is 0 Å². The number of carbonyl (C=O) groups excluding carboxylic acids is 1. The molecule has 1 aromatic rings. The van der Waals surface area contributed by atoms with E-state index < -0.39 is 17.3 Å². The zero-order chi connectivity index (χ0) is 13.9. The Kier molecular flexibility index (Phi) is 4.06. The molecule has 0 aliphatic heterocycles. The first-order valence-electron chi connectivity index (χ1n) is 5.48. The van der Waals surface area contributed by atoms with Crippen LogP contribution >= 0.6 is 0 Å². The van der Waals surface area contributed by atoms with Crippen LogP contribution in [0, 0.1) is 11.2 Å². The molecule has 4 nitrogen and oxygen atoms in total. The Morgan fingerprint density at radius 1 is 1.28 bits per heavy atom. The summed E-state index contributed by atoms with van der Waals surface area (Å²) in [6, 6.07) is 5.73. The van der Waals surface area contributed by atoms with Crippen molar-refractivity contribution in [1.82, 2.24) is 4.90 Å². The second kappa shape index (κ2) is 5.16. The van der Waals surface area contributed by atoms with Gasteiger partial charge in [0.1, 0.15) is 11.2 Å². The van der Waals surface area contributed by atoms with E-state index in [1.165, 1.54) is 37.9 Å². The fraction of sp³-hybridized carbons (Fsp3) is 0.385. The number of hydrogen-bond acceptors (Lipinski definition) is 2. The molecular formula is C13H16FNO3. The van der Waals surface area contributed by atoms with E-state index in [1.807, 2.05) is 0 Å². The Balaban J connectivity index is 2.77. The van der Waals surface area contributed by atoms with Crippen molar-refractivity contribution in [3.63, 3.8) is 0 Å². The van der Waals surface area contributed by atoms with Gasteiger partial charge < -0.3 is 10.0 Å². The van der Waals surface area contributed by atoms with Gasteiger partial charge in [0.05, 0.1) is 0 Å². The number of rotatable bonds is 4. The number of hydrogen-bond donors (Lipinski definition) is 1. The summed E-state index contributed by atoms with van der Waals surface area (Å²) in [6.45, 7) is 2.97. The number of benzene rings is 1. The largest absolute Gasteiger partial charge is 0.480 e. The summed E-state index contributed by atoms with van der Waals surface area (Å²) >= 11 is 0. The van der Waals surface area contributed by atoms with Gasteiger partial charge in [0, 0.05) is 13.6 Å². The predicted molar refractivity (Wildman–Crippen MR) is 64.3 cm³/mol. The van der Waals surface area contributed by atoms with Gasteiger partial charge in [0.25, 0.3) is 0 Å². The highest BCUT2D eigenvalue weighted by Crippen LogP contribution is 2.19. The van der Waals surface area contributed by atoms with Gasteiger partial charge in [0.15, 0.2) is 0 Å². The molecule has 18 heavy (non-hydrogen) atoms. The lowest BCUT2D eigenvalue weighted by molar-refractivity contribution is -0.157. The average molecular weight is 253 g/mol. The lowest BCUT2D eigenvalue weighted by Gasteiger charge is -2.26. The molecule has 0 saturated heterocycles. The van der Waals surface area contributed by atoms with Crippen LogP contribution in [-0.4, -0.2) is 28.9 Å². The lowest BCUT2D eigenvalue weighted by Crippen LogP contribution is -2.43. The zero-order valence-corrected chi connectivity index (χ0v) is 10.6. The molecule has 1 amide bonds. The molecule has 0 radical (unpaired) electrons. The summed E-state index contributed by atoms with van der Waals surface area (Å²) in [5, 5.41) is 8.97. The Labute approximate surface area is 105 Å². The topological polar surface area (TPSA) is 57.6 Å². The molecule has 0 aliphatic carbocycles. The summed E-state index contributed by atoms with van der Waals surface area (Å²) in [5.74, 6) is -2.00. The second-order valence-corrected chi connectivity index (χ2v) is 4.72. The minimum atomic E-state index is -1.46. The minimum absolute atomic E-state index is 0.246. The van der Waals surface area contributed by atoms with Crippen molar-refractivity contribution >= 4 is 11.9 Å². The first kappa shape index (κ1) is 14.2. The van der Waals surface area contributed by atoms with Crippen LogP contribution in [0.15, 0.2) is 24.3 Å². The van der Waals surface area contributed by atoms with E-state index in [0.717, 1.165) is 5.56 Å². The third kappa shape index (κ3) is 3.06. The summed E-state index contributed by atoms with van der Waals surface area (Å²) < 4.78 is 12.7. The van der Waals surface area contributed by atoms with Gasteiger partial charge in [-0.2, -0.15) is 0 Å². The van der Waals surface area contributed by atoms with Crippen LogP contribution < -0.4 is 0 Å². The summed E-state index contributed by atoms with van der Waals surface area (Å²) in [5.41, 5.74) is -0.720. The lowest BCUT2D eigenvalue weighted by atomic mass is 9.92. The van der Waals surface area contributed by atoms with E-state index in [4.69, 9.17) is 5.11 Å². The smallest absolute Gasteiger partial charge is 0.318 e. The van der Waals surface area contributed by atoms with Crippen molar-refractivity contribution < 1.29 is 19.1 Å². The number of carbonyl (C=O) groups is 2. The summed E-state index contributed by atoms with van der Waals surface area (Å²) in [4.78, 5) is 24.2.